The van der Waals surface area contributed by atoms with Crippen LogP contribution in [0.2, 0.25) is 0 Å². The third-order valence-electron chi connectivity index (χ3n) is 4.48. The summed E-state index contributed by atoms with van der Waals surface area (Å²) in [6.45, 7) is 9.34. The minimum Gasteiger partial charge on any atom is -0.341 e. The van der Waals surface area contributed by atoms with Crippen LogP contribution in [-0.4, -0.2) is 60.5 Å². The molecule has 19 heavy (non-hydrogen) atoms. The van der Waals surface area contributed by atoms with E-state index in [9.17, 15) is 4.79 Å². The van der Waals surface area contributed by atoms with E-state index in [2.05, 4.69) is 29.0 Å². The Morgan fingerprint density at radius 1 is 1.26 bits per heavy atom. The average Bonchev–Trinajstić information content (AvgIpc) is 2.63. The van der Waals surface area contributed by atoms with Gasteiger partial charge in [-0.2, -0.15) is 0 Å². The van der Waals surface area contributed by atoms with Crippen LogP contribution in [-0.2, 0) is 4.79 Å². The second-order valence-electron chi connectivity index (χ2n) is 5.97. The molecule has 2 fully saturated rings. The Bertz CT molecular complexity index is 283. The van der Waals surface area contributed by atoms with E-state index in [1.807, 2.05) is 0 Å². The van der Waals surface area contributed by atoms with Crippen molar-refractivity contribution in [3.8, 4) is 0 Å². The summed E-state index contributed by atoms with van der Waals surface area (Å²) in [5, 5.41) is 3.32. The van der Waals surface area contributed by atoms with Crippen molar-refractivity contribution in [2.24, 2.45) is 0 Å². The molecule has 110 valence electrons. The van der Waals surface area contributed by atoms with Crippen LogP contribution in [0, 0.1) is 0 Å². The van der Waals surface area contributed by atoms with Gasteiger partial charge in [0.25, 0.3) is 0 Å². The van der Waals surface area contributed by atoms with Crippen LogP contribution in [0.25, 0.3) is 0 Å². The van der Waals surface area contributed by atoms with Crippen molar-refractivity contribution >= 4 is 5.91 Å². The van der Waals surface area contributed by atoms with Gasteiger partial charge in [0.2, 0.25) is 5.91 Å². The molecule has 2 aliphatic heterocycles. The number of nitrogens with zero attached hydrogens (tertiary/aromatic N) is 2. The van der Waals surface area contributed by atoms with Crippen molar-refractivity contribution in [3.05, 3.63) is 0 Å². The van der Waals surface area contributed by atoms with Crippen LogP contribution in [0.1, 0.15) is 46.0 Å². The van der Waals surface area contributed by atoms with Gasteiger partial charge in [-0.1, -0.05) is 19.8 Å². The van der Waals surface area contributed by atoms with Crippen molar-refractivity contribution in [1.82, 2.24) is 15.1 Å². The first-order chi connectivity index (χ1) is 9.24. The summed E-state index contributed by atoms with van der Waals surface area (Å²) >= 11 is 0. The van der Waals surface area contributed by atoms with Crippen LogP contribution in [0.15, 0.2) is 0 Å². The van der Waals surface area contributed by atoms with Gasteiger partial charge in [-0.3, -0.25) is 9.69 Å². The first-order valence-corrected chi connectivity index (χ1v) is 7.99. The maximum atomic E-state index is 12.7. The molecule has 2 heterocycles. The zero-order valence-corrected chi connectivity index (χ0v) is 12.5. The molecule has 0 aromatic rings. The van der Waals surface area contributed by atoms with Gasteiger partial charge < -0.3 is 10.2 Å². The molecule has 4 heteroatoms. The zero-order chi connectivity index (χ0) is 13.7. The monoisotopic (exact) mass is 267 g/mol. The van der Waals surface area contributed by atoms with E-state index >= 15 is 0 Å². The van der Waals surface area contributed by atoms with Crippen molar-refractivity contribution in [2.45, 2.75) is 58.0 Å². The highest BCUT2D eigenvalue weighted by Gasteiger charge is 2.33. The number of carbonyl (C=O) groups is 1. The van der Waals surface area contributed by atoms with Crippen LogP contribution in [0.5, 0.6) is 0 Å². The van der Waals surface area contributed by atoms with Gasteiger partial charge in [-0.25, -0.2) is 0 Å². The molecule has 0 aromatic heterocycles. The summed E-state index contributed by atoms with van der Waals surface area (Å²) in [5.74, 6) is 0.349. The van der Waals surface area contributed by atoms with E-state index < -0.39 is 0 Å². The SMILES string of the molecule is CCCN(C1CNC1)C(C)C(=O)N1CCCCCC1. The maximum absolute atomic E-state index is 12.7. The third kappa shape index (κ3) is 3.69. The molecule has 1 unspecified atom stereocenters. The normalized spacial score (nSPS) is 23.0. The lowest BCUT2D eigenvalue weighted by Crippen LogP contribution is -2.62. The number of rotatable bonds is 5. The lowest BCUT2D eigenvalue weighted by atomic mass is 10.1. The molecule has 2 aliphatic rings. The lowest BCUT2D eigenvalue weighted by Gasteiger charge is -2.42. The first kappa shape index (κ1) is 14.8. The summed E-state index contributed by atoms with van der Waals surface area (Å²) < 4.78 is 0. The number of nitrogens with one attached hydrogen (secondary N) is 1. The van der Waals surface area contributed by atoms with Crippen molar-refractivity contribution in [1.29, 1.82) is 0 Å². The molecule has 0 aliphatic carbocycles. The molecule has 1 amide bonds. The summed E-state index contributed by atoms with van der Waals surface area (Å²) in [5.41, 5.74) is 0. The van der Waals surface area contributed by atoms with E-state index in [4.69, 9.17) is 0 Å². The van der Waals surface area contributed by atoms with E-state index in [0.29, 0.717) is 11.9 Å². The summed E-state index contributed by atoms with van der Waals surface area (Å²) in [6, 6.07) is 0.607. The van der Waals surface area contributed by atoms with Crippen molar-refractivity contribution in [3.63, 3.8) is 0 Å². The fourth-order valence-corrected chi connectivity index (χ4v) is 3.16. The van der Waals surface area contributed by atoms with Gasteiger partial charge >= 0.3 is 0 Å². The molecule has 0 bridgehead atoms. The van der Waals surface area contributed by atoms with Gasteiger partial charge in [0.1, 0.15) is 0 Å². The predicted octanol–water partition coefficient (Wildman–Crippen LogP) is 1.46. The van der Waals surface area contributed by atoms with E-state index in [-0.39, 0.29) is 6.04 Å². The van der Waals surface area contributed by atoms with E-state index in [0.717, 1.165) is 39.1 Å². The molecule has 0 spiro atoms. The molecule has 0 aromatic carbocycles. The minimum atomic E-state index is 0.0464. The number of amides is 1. The summed E-state index contributed by atoms with van der Waals surface area (Å²) in [4.78, 5) is 17.2. The van der Waals surface area contributed by atoms with Gasteiger partial charge in [0, 0.05) is 32.2 Å². The zero-order valence-electron chi connectivity index (χ0n) is 12.5. The Kier molecular flexibility index (Phi) is 5.64. The van der Waals surface area contributed by atoms with E-state index in [1.165, 1.54) is 25.7 Å². The largest absolute Gasteiger partial charge is 0.341 e. The third-order valence-corrected chi connectivity index (χ3v) is 4.48. The van der Waals surface area contributed by atoms with Gasteiger partial charge in [-0.05, 0) is 32.7 Å². The Balaban J connectivity index is 1.94. The molecular weight excluding hydrogens is 238 g/mol. The molecule has 2 saturated heterocycles. The first-order valence-electron chi connectivity index (χ1n) is 7.99. The number of carbonyl (C=O) groups excluding carboxylic acids is 1. The molecule has 2 rings (SSSR count). The number of likely N-dealkylation sites (tertiary alicyclic amines) is 1. The fraction of sp³-hybridized carbons (Fsp3) is 0.933. The van der Waals surface area contributed by atoms with Crippen molar-refractivity contribution in [2.75, 3.05) is 32.7 Å². The highest BCUT2D eigenvalue weighted by molar-refractivity contribution is 5.81. The second kappa shape index (κ2) is 7.25. The van der Waals surface area contributed by atoms with Gasteiger partial charge in [-0.15, -0.1) is 0 Å². The Hall–Kier alpha value is -0.610. The molecule has 4 nitrogen and oxygen atoms in total. The predicted molar refractivity (Wildman–Crippen MR) is 78.2 cm³/mol. The smallest absolute Gasteiger partial charge is 0.239 e. The number of hydrogen-bond donors (Lipinski definition) is 1. The van der Waals surface area contributed by atoms with Crippen molar-refractivity contribution < 1.29 is 4.79 Å². The number of hydrogen-bond acceptors (Lipinski definition) is 3. The quantitative estimate of drug-likeness (QED) is 0.819. The second-order valence-corrected chi connectivity index (χ2v) is 5.97. The summed E-state index contributed by atoms with van der Waals surface area (Å²) in [6.07, 6.45) is 6.04. The average molecular weight is 267 g/mol. The highest BCUT2D eigenvalue weighted by Crippen LogP contribution is 2.16. The lowest BCUT2D eigenvalue weighted by molar-refractivity contribution is -0.137. The van der Waals surface area contributed by atoms with Crippen LogP contribution < -0.4 is 5.32 Å². The molecule has 1 N–H and O–H groups in total. The standard InChI is InChI=1S/C15H29N3O/c1-3-8-18(14-11-16-12-14)13(2)15(19)17-9-6-4-5-7-10-17/h13-14,16H,3-12H2,1-2H3. The van der Waals surface area contributed by atoms with Gasteiger partial charge in [0.05, 0.1) is 6.04 Å². The Labute approximate surface area is 117 Å². The van der Waals surface area contributed by atoms with Gasteiger partial charge in [0.15, 0.2) is 0 Å². The molecule has 1 atom stereocenters. The minimum absolute atomic E-state index is 0.0464. The summed E-state index contributed by atoms with van der Waals surface area (Å²) in [7, 11) is 0. The Morgan fingerprint density at radius 2 is 1.89 bits per heavy atom. The molecule has 0 saturated carbocycles. The van der Waals surface area contributed by atoms with Crippen LogP contribution in [0.3, 0.4) is 0 Å². The molecular formula is C15H29N3O. The van der Waals surface area contributed by atoms with E-state index in [1.54, 1.807) is 0 Å². The van der Waals surface area contributed by atoms with Crippen LogP contribution >= 0.6 is 0 Å². The Morgan fingerprint density at radius 3 is 2.37 bits per heavy atom. The van der Waals surface area contributed by atoms with Crippen LogP contribution in [0.4, 0.5) is 0 Å². The highest BCUT2D eigenvalue weighted by atomic mass is 16.2. The molecule has 0 radical (unpaired) electrons. The maximum Gasteiger partial charge on any atom is 0.239 e. The fourth-order valence-electron chi connectivity index (χ4n) is 3.16. The topological polar surface area (TPSA) is 35.6 Å².